The Kier molecular flexibility index (Phi) is 2.41. The molecule has 0 unspecified atom stereocenters. The lowest BCUT2D eigenvalue weighted by Gasteiger charge is -2.03. The van der Waals surface area contributed by atoms with Crippen molar-refractivity contribution in [2.45, 2.75) is 6.92 Å². The maximum Gasteiger partial charge on any atom is 0.231 e. The summed E-state index contributed by atoms with van der Waals surface area (Å²) in [5.41, 5.74) is 0.501. The molecular formula is C7H4Cl2N2O. The minimum atomic E-state index is -0.385. The summed E-state index contributed by atoms with van der Waals surface area (Å²) in [4.78, 5) is 3.47. The van der Waals surface area contributed by atoms with Gasteiger partial charge in [0.25, 0.3) is 0 Å². The lowest BCUT2D eigenvalue weighted by molar-refractivity contribution is 0.451. The van der Waals surface area contributed by atoms with Gasteiger partial charge >= 0.3 is 0 Å². The highest BCUT2D eigenvalue weighted by Gasteiger charge is 2.12. The van der Waals surface area contributed by atoms with Crippen LogP contribution in [0.4, 0.5) is 0 Å². The van der Waals surface area contributed by atoms with Crippen molar-refractivity contribution in [1.29, 1.82) is 5.26 Å². The van der Waals surface area contributed by atoms with Gasteiger partial charge in [-0.2, -0.15) is 10.2 Å². The topological polar surface area (TPSA) is 56.9 Å². The number of nitriles is 1. The lowest BCUT2D eigenvalue weighted by Crippen LogP contribution is -1.89. The molecule has 1 aromatic rings. The van der Waals surface area contributed by atoms with E-state index in [9.17, 15) is 0 Å². The monoisotopic (exact) mass is 202 g/mol. The third kappa shape index (κ3) is 1.31. The second-order valence-corrected chi connectivity index (χ2v) is 2.89. The van der Waals surface area contributed by atoms with Crippen LogP contribution in [0, 0.1) is 18.3 Å². The molecule has 0 fully saturated rings. The van der Waals surface area contributed by atoms with E-state index < -0.39 is 0 Å². The SMILES string of the molecule is Cc1c(Cl)c(Cl)nc(O)c1C#N. The van der Waals surface area contributed by atoms with E-state index in [1.165, 1.54) is 0 Å². The number of hydrogen-bond donors (Lipinski definition) is 1. The molecule has 0 bridgehead atoms. The summed E-state index contributed by atoms with van der Waals surface area (Å²) in [6.45, 7) is 1.59. The van der Waals surface area contributed by atoms with Crippen molar-refractivity contribution < 1.29 is 5.11 Å². The molecule has 5 heteroatoms. The standard InChI is InChI=1S/C7H4Cl2N2O/c1-3-4(2-10)7(12)11-6(9)5(3)8/h1H3,(H,11,12). The van der Waals surface area contributed by atoms with Gasteiger partial charge < -0.3 is 5.11 Å². The second-order valence-electron chi connectivity index (χ2n) is 2.15. The predicted octanol–water partition coefficient (Wildman–Crippen LogP) is 2.27. The normalized spacial score (nSPS) is 9.50. The molecule has 0 atom stereocenters. The molecule has 0 saturated carbocycles. The Morgan fingerprint density at radius 2 is 2.08 bits per heavy atom. The van der Waals surface area contributed by atoms with Gasteiger partial charge in [0.1, 0.15) is 11.6 Å². The molecule has 1 N–H and O–H groups in total. The summed E-state index contributed by atoms with van der Waals surface area (Å²) in [6.07, 6.45) is 0. The molecule has 0 aromatic carbocycles. The van der Waals surface area contributed by atoms with E-state index in [4.69, 9.17) is 33.6 Å². The van der Waals surface area contributed by atoms with Crippen molar-refractivity contribution >= 4 is 23.2 Å². The van der Waals surface area contributed by atoms with E-state index in [2.05, 4.69) is 4.98 Å². The van der Waals surface area contributed by atoms with Crippen molar-refractivity contribution in [3.8, 4) is 11.9 Å². The number of aromatic hydroxyl groups is 1. The number of nitrogens with zero attached hydrogens (tertiary/aromatic N) is 2. The average molecular weight is 203 g/mol. The van der Waals surface area contributed by atoms with Crippen molar-refractivity contribution in [2.24, 2.45) is 0 Å². The van der Waals surface area contributed by atoms with Crippen LogP contribution in [0.15, 0.2) is 0 Å². The van der Waals surface area contributed by atoms with Crippen molar-refractivity contribution in [1.82, 2.24) is 4.98 Å². The fraction of sp³-hybridized carbons (Fsp3) is 0.143. The Morgan fingerprint density at radius 3 is 2.58 bits per heavy atom. The molecule has 3 nitrogen and oxygen atoms in total. The van der Waals surface area contributed by atoms with Crippen molar-refractivity contribution in [3.05, 3.63) is 21.3 Å². The first kappa shape index (κ1) is 9.11. The van der Waals surface area contributed by atoms with E-state index in [0.717, 1.165) is 0 Å². The summed E-state index contributed by atoms with van der Waals surface area (Å²) < 4.78 is 0. The fourth-order valence-electron chi connectivity index (χ4n) is 0.764. The van der Waals surface area contributed by atoms with E-state index in [0.29, 0.717) is 5.56 Å². The van der Waals surface area contributed by atoms with E-state index in [1.54, 1.807) is 13.0 Å². The van der Waals surface area contributed by atoms with Gasteiger partial charge in [0.2, 0.25) is 5.88 Å². The maximum atomic E-state index is 9.12. The molecule has 0 radical (unpaired) electrons. The summed E-state index contributed by atoms with van der Waals surface area (Å²) >= 11 is 11.2. The molecule has 0 aliphatic carbocycles. The Morgan fingerprint density at radius 1 is 1.50 bits per heavy atom. The Balaban J connectivity index is 3.54. The van der Waals surface area contributed by atoms with E-state index >= 15 is 0 Å². The predicted molar refractivity (Wildman–Crippen MR) is 45.4 cm³/mol. The molecule has 0 aliphatic heterocycles. The van der Waals surface area contributed by atoms with Gasteiger partial charge in [-0.25, -0.2) is 0 Å². The van der Waals surface area contributed by atoms with Crippen LogP contribution in [0.2, 0.25) is 10.2 Å². The minimum absolute atomic E-state index is 0.00525. The Labute approximate surface area is 79.2 Å². The third-order valence-corrected chi connectivity index (χ3v) is 2.26. The summed E-state index contributed by atoms with van der Waals surface area (Å²) in [7, 11) is 0. The van der Waals surface area contributed by atoms with E-state index in [1.807, 2.05) is 0 Å². The van der Waals surface area contributed by atoms with Gasteiger partial charge in [-0.15, -0.1) is 0 Å². The highest BCUT2D eigenvalue weighted by molar-refractivity contribution is 6.41. The summed E-state index contributed by atoms with van der Waals surface area (Å²) in [5, 5.41) is 17.9. The van der Waals surface area contributed by atoms with Gasteiger partial charge in [-0.05, 0) is 12.5 Å². The van der Waals surface area contributed by atoms with Gasteiger partial charge in [0.15, 0.2) is 5.15 Å². The van der Waals surface area contributed by atoms with Crippen LogP contribution in [0.5, 0.6) is 5.88 Å². The zero-order chi connectivity index (χ0) is 9.30. The van der Waals surface area contributed by atoms with Crippen LogP contribution in [0.1, 0.15) is 11.1 Å². The molecule has 0 aliphatic rings. The zero-order valence-electron chi connectivity index (χ0n) is 6.10. The lowest BCUT2D eigenvalue weighted by atomic mass is 10.2. The zero-order valence-corrected chi connectivity index (χ0v) is 7.61. The highest BCUT2D eigenvalue weighted by atomic mass is 35.5. The maximum absolute atomic E-state index is 9.12. The molecule has 0 amide bonds. The van der Waals surface area contributed by atoms with Crippen LogP contribution < -0.4 is 0 Å². The molecule has 62 valence electrons. The first-order valence-electron chi connectivity index (χ1n) is 3.02. The van der Waals surface area contributed by atoms with Gasteiger partial charge in [0, 0.05) is 0 Å². The average Bonchev–Trinajstić information content (AvgIpc) is 2.01. The molecule has 1 aromatic heterocycles. The van der Waals surface area contributed by atoms with Gasteiger partial charge in [-0.1, -0.05) is 23.2 Å². The van der Waals surface area contributed by atoms with Crippen LogP contribution in [-0.4, -0.2) is 10.1 Å². The molecule has 0 spiro atoms. The third-order valence-electron chi connectivity index (χ3n) is 1.42. The van der Waals surface area contributed by atoms with Crippen molar-refractivity contribution in [2.75, 3.05) is 0 Å². The summed E-state index contributed by atoms with van der Waals surface area (Å²) in [6, 6.07) is 1.78. The number of pyridine rings is 1. The van der Waals surface area contributed by atoms with Gasteiger partial charge in [-0.3, -0.25) is 0 Å². The van der Waals surface area contributed by atoms with E-state index in [-0.39, 0.29) is 21.6 Å². The Bertz CT molecular complexity index is 371. The molecule has 12 heavy (non-hydrogen) atoms. The van der Waals surface area contributed by atoms with Crippen LogP contribution in [0.3, 0.4) is 0 Å². The first-order valence-corrected chi connectivity index (χ1v) is 3.78. The second kappa shape index (κ2) is 3.18. The molecule has 1 heterocycles. The van der Waals surface area contributed by atoms with Crippen LogP contribution in [-0.2, 0) is 0 Å². The Hall–Kier alpha value is -0.980. The number of aromatic nitrogens is 1. The fourth-order valence-corrected chi connectivity index (χ4v) is 1.12. The van der Waals surface area contributed by atoms with Crippen LogP contribution in [0.25, 0.3) is 0 Å². The molecular weight excluding hydrogens is 199 g/mol. The summed E-state index contributed by atoms with van der Waals surface area (Å²) in [5.74, 6) is -0.385. The van der Waals surface area contributed by atoms with Crippen molar-refractivity contribution in [3.63, 3.8) is 0 Å². The van der Waals surface area contributed by atoms with Gasteiger partial charge in [0.05, 0.1) is 5.02 Å². The number of halogens is 2. The molecule has 0 saturated heterocycles. The molecule has 1 rings (SSSR count). The smallest absolute Gasteiger partial charge is 0.231 e. The quantitative estimate of drug-likeness (QED) is 0.658. The highest BCUT2D eigenvalue weighted by Crippen LogP contribution is 2.30. The first-order chi connectivity index (χ1) is 5.57. The number of hydrogen-bond acceptors (Lipinski definition) is 3. The minimum Gasteiger partial charge on any atom is -0.492 e. The largest absolute Gasteiger partial charge is 0.492 e. The van der Waals surface area contributed by atoms with Crippen LogP contribution >= 0.6 is 23.2 Å². The number of rotatable bonds is 0.